The molecule has 0 saturated heterocycles. The Bertz CT molecular complexity index is 484. The van der Waals surface area contributed by atoms with Crippen LogP contribution in [0.4, 0.5) is 0 Å². The van der Waals surface area contributed by atoms with E-state index in [0.29, 0.717) is 12.1 Å². The molecule has 3 rings (SSSR count). The second kappa shape index (κ2) is 5.59. The van der Waals surface area contributed by atoms with Gasteiger partial charge in [0.2, 0.25) is 0 Å². The number of carbonyl (C=O) groups excluding carboxylic acids is 1. The summed E-state index contributed by atoms with van der Waals surface area (Å²) < 4.78 is 0. The molecule has 0 atom stereocenters. The largest absolute Gasteiger partial charge is 0.333 e. The maximum Gasteiger partial charge on any atom is 0.254 e. The molecule has 0 N–H and O–H groups in total. The first kappa shape index (κ1) is 13.7. The first-order chi connectivity index (χ1) is 9.66. The molecule has 0 spiro atoms. The van der Waals surface area contributed by atoms with Crippen LogP contribution in [-0.2, 0) is 0 Å². The normalized spacial score (nSPS) is 26.3. The zero-order valence-electron chi connectivity index (χ0n) is 12.6. The third-order valence-electron chi connectivity index (χ3n) is 4.93. The molecule has 0 radical (unpaired) electrons. The van der Waals surface area contributed by atoms with E-state index < -0.39 is 0 Å². The van der Waals surface area contributed by atoms with Gasteiger partial charge in [-0.15, -0.1) is 0 Å². The third-order valence-corrected chi connectivity index (χ3v) is 4.93. The molecule has 0 heterocycles. The van der Waals surface area contributed by atoms with Gasteiger partial charge in [-0.2, -0.15) is 0 Å². The summed E-state index contributed by atoms with van der Waals surface area (Å²) in [4.78, 5) is 15.2. The maximum atomic E-state index is 13.0. The molecule has 1 aromatic rings. The minimum Gasteiger partial charge on any atom is -0.333 e. The number of carbonyl (C=O) groups is 1. The number of hydrogen-bond donors (Lipinski definition) is 0. The van der Waals surface area contributed by atoms with Crippen molar-refractivity contribution in [1.29, 1.82) is 0 Å². The molecular formula is C18H25NO. The lowest BCUT2D eigenvalue weighted by atomic mass is 9.86. The van der Waals surface area contributed by atoms with E-state index in [1.807, 2.05) is 31.2 Å². The van der Waals surface area contributed by atoms with E-state index in [1.165, 1.54) is 38.5 Å². The highest BCUT2D eigenvalue weighted by Gasteiger charge is 2.38. The van der Waals surface area contributed by atoms with E-state index in [1.54, 1.807) is 0 Å². The molecule has 2 aliphatic rings. The zero-order valence-corrected chi connectivity index (χ0v) is 12.6. The Labute approximate surface area is 122 Å². The highest BCUT2D eigenvalue weighted by molar-refractivity contribution is 5.96. The minimum absolute atomic E-state index is 0.269. The van der Waals surface area contributed by atoms with Gasteiger partial charge in [0.25, 0.3) is 5.91 Å². The number of aryl methyl sites for hydroxylation is 1. The average Bonchev–Trinajstić information content (AvgIpc) is 3.26. The van der Waals surface area contributed by atoms with E-state index in [4.69, 9.17) is 0 Å². The predicted molar refractivity (Wildman–Crippen MR) is 81.8 cm³/mol. The van der Waals surface area contributed by atoms with Crippen molar-refractivity contribution in [3.8, 4) is 0 Å². The topological polar surface area (TPSA) is 20.3 Å². The fourth-order valence-electron chi connectivity index (χ4n) is 3.46. The van der Waals surface area contributed by atoms with E-state index in [-0.39, 0.29) is 5.91 Å². The number of benzene rings is 1. The van der Waals surface area contributed by atoms with Gasteiger partial charge < -0.3 is 4.90 Å². The molecule has 0 aliphatic heterocycles. The molecule has 0 unspecified atom stereocenters. The van der Waals surface area contributed by atoms with Crippen LogP contribution >= 0.6 is 0 Å². The number of hydrogen-bond acceptors (Lipinski definition) is 1. The fraction of sp³-hybridized carbons (Fsp3) is 0.611. The summed E-state index contributed by atoms with van der Waals surface area (Å²) in [6.45, 7) is 4.38. The molecule has 1 aromatic carbocycles. The number of rotatable bonds is 3. The quantitative estimate of drug-likeness (QED) is 0.807. The minimum atomic E-state index is 0.269. The van der Waals surface area contributed by atoms with Gasteiger partial charge in [0, 0.05) is 17.6 Å². The standard InChI is InChI=1S/C18H25NO/c1-13-7-9-15(10-8-13)19(16-11-12-16)18(20)17-6-4-3-5-14(17)2/h3-6,13,15-16H,7-12H2,1-2H3. The number of nitrogens with zero attached hydrogens (tertiary/aromatic N) is 1. The molecule has 2 aliphatic carbocycles. The predicted octanol–water partition coefficient (Wildman–Crippen LogP) is 4.18. The van der Waals surface area contributed by atoms with Crippen LogP contribution in [0.1, 0.15) is 61.4 Å². The Morgan fingerprint density at radius 2 is 1.55 bits per heavy atom. The molecule has 1 amide bonds. The molecule has 2 fully saturated rings. The monoisotopic (exact) mass is 271 g/mol. The summed E-state index contributed by atoms with van der Waals surface area (Å²) in [5.74, 6) is 1.10. The summed E-state index contributed by atoms with van der Waals surface area (Å²) in [6, 6.07) is 9.01. The molecular weight excluding hydrogens is 246 g/mol. The van der Waals surface area contributed by atoms with E-state index in [2.05, 4.69) is 11.8 Å². The van der Waals surface area contributed by atoms with Crippen LogP contribution in [0.25, 0.3) is 0 Å². The highest BCUT2D eigenvalue weighted by Crippen LogP contribution is 2.36. The van der Waals surface area contributed by atoms with Crippen LogP contribution in [0.3, 0.4) is 0 Å². The summed E-state index contributed by atoms with van der Waals surface area (Å²) >= 11 is 0. The second-order valence-corrected chi connectivity index (χ2v) is 6.67. The van der Waals surface area contributed by atoms with Crippen LogP contribution in [0.2, 0.25) is 0 Å². The molecule has 2 saturated carbocycles. The van der Waals surface area contributed by atoms with Crippen molar-refractivity contribution in [3.05, 3.63) is 35.4 Å². The van der Waals surface area contributed by atoms with Crippen molar-refractivity contribution in [2.24, 2.45) is 5.92 Å². The van der Waals surface area contributed by atoms with E-state index in [0.717, 1.165) is 17.0 Å². The Hall–Kier alpha value is -1.31. The summed E-state index contributed by atoms with van der Waals surface area (Å²) in [5, 5.41) is 0. The van der Waals surface area contributed by atoms with Crippen LogP contribution in [0.5, 0.6) is 0 Å². The van der Waals surface area contributed by atoms with Gasteiger partial charge in [-0.25, -0.2) is 0 Å². The first-order valence-electron chi connectivity index (χ1n) is 8.05. The van der Waals surface area contributed by atoms with Crippen LogP contribution < -0.4 is 0 Å². The maximum absolute atomic E-state index is 13.0. The Morgan fingerprint density at radius 3 is 2.10 bits per heavy atom. The lowest BCUT2D eigenvalue weighted by Gasteiger charge is -2.36. The Balaban J connectivity index is 1.80. The molecule has 0 bridgehead atoms. The SMILES string of the molecule is Cc1ccccc1C(=O)N(C1CCC(C)CC1)C1CC1. The Morgan fingerprint density at radius 1 is 1.00 bits per heavy atom. The summed E-state index contributed by atoms with van der Waals surface area (Å²) in [5.41, 5.74) is 2.00. The van der Waals surface area contributed by atoms with Crippen molar-refractivity contribution in [2.45, 2.75) is 64.5 Å². The Kier molecular flexibility index (Phi) is 3.82. The lowest BCUT2D eigenvalue weighted by Crippen LogP contribution is -2.44. The van der Waals surface area contributed by atoms with E-state index >= 15 is 0 Å². The van der Waals surface area contributed by atoms with Crippen molar-refractivity contribution in [2.75, 3.05) is 0 Å². The molecule has 0 aromatic heterocycles. The molecule has 108 valence electrons. The van der Waals surface area contributed by atoms with Gasteiger partial charge in [0.05, 0.1) is 0 Å². The fourth-order valence-corrected chi connectivity index (χ4v) is 3.46. The average molecular weight is 271 g/mol. The highest BCUT2D eigenvalue weighted by atomic mass is 16.2. The molecule has 20 heavy (non-hydrogen) atoms. The lowest BCUT2D eigenvalue weighted by molar-refractivity contribution is 0.0592. The van der Waals surface area contributed by atoms with Gasteiger partial charge in [0.15, 0.2) is 0 Å². The van der Waals surface area contributed by atoms with Crippen molar-refractivity contribution in [1.82, 2.24) is 4.90 Å². The van der Waals surface area contributed by atoms with E-state index in [9.17, 15) is 4.79 Å². The van der Waals surface area contributed by atoms with Crippen molar-refractivity contribution < 1.29 is 4.79 Å². The van der Waals surface area contributed by atoms with Crippen molar-refractivity contribution in [3.63, 3.8) is 0 Å². The zero-order chi connectivity index (χ0) is 14.1. The summed E-state index contributed by atoms with van der Waals surface area (Å²) in [7, 11) is 0. The first-order valence-corrected chi connectivity index (χ1v) is 8.05. The number of amides is 1. The van der Waals surface area contributed by atoms with Crippen LogP contribution in [-0.4, -0.2) is 22.9 Å². The van der Waals surface area contributed by atoms with Crippen molar-refractivity contribution >= 4 is 5.91 Å². The van der Waals surface area contributed by atoms with Crippen LogP contribution in [0, 0.1) is 12.8 Å². The third kappa shape index (κ3) is 2.74. The summed E-state index contributed by atoms with van der Waals surface area (Å²) in [6.07, 6.45) is 7.32. The van der Waals surface area contributed by atoms with Gasteiger partial charge in [-0.3, -0.25) is 4.79 Å². The van der Waals surface area contributed by atoms with Gasteiger partial charge in [0.1, 0.15) is 0 Å². The smallest absolute Gasteiger partial charge is 0.254 e. The van der Waals surface area contributed by atoms with Crippen LogP contribution in [0.15, 0.2) is 24.3 Å². The van der Waals surface area contributed by atoms with Gasteiger partial charge in [-0.05, 0) is 63.0 Å². The molecule has 2 heteroatoms. The van der Waals surface area contributed by atoms with Gasteiger partial charge in [-0.1, -0.05) is 25.1 Å². The van der Waals surface area contributed by atoms with Gasteiger partial charge >= 0.3 is 0 Å². The second-order valence-electron chi connectivity index (χ2n) is 6.67. The molecule has 2 nitrogen and oxygen atoms in total.